The van der Waals surface area contributed by atoms with E-state index in [2.05, 4.69) is 5.32 Å². The molecule has 1 unspecified atom stereocenters. The number of nitrogens with one attached hydrogen (secondary N) is 1. The first-order valence-corrected chi connectivity index (χ1v) is 5.33. The third-order valence-electron chi connectivity index (χ3n) is 2.84. The zero-order valence-corrected chi connectivity index (χ0v) is 8.30. The van der Waals surface area contributed by atoms with Crippen molar-refractivity contribution in [3.8, 4) is 0 Å². The Bertz CT molecular complexity index is 292. The van der Waals surface area contributed by atoms with Gasteiger partial charge in [0.25, 0.3) is 0 Å². The number of piperidine rings is 1. The van der Waals surface area contributed by atoms with Crippen LogP contribution in [0.5, 0.6) is 0 Å². The fourth-order valence-corrected chi connectivity index (χ4v) is 2.03. The Hall–Kier alpha value is -0.890. The van der Waals surface area contributed by atoms with Crippen LogP contribution in [0.4, 0.5) is 4.39 Å². The van der Waals surface area contributed by atoms with Crippen LogP contribution in [-0.2, 0) is 6.42 Å². The Labute approximate surface area is 84.3 Å². The number of halogens is 1. The SMILES string of the molecule is Fc1ccccc1CC1CCCCN1. The summed E-state index contributed by atoms with van der Waals surface area (Å²) in [6, 6.07) is 7.54. The van der Waals surface area contributed by atoms with Crippen molar-refractivity contribution in [2.45, 2.75) is 31.7 Å². The number of benzene rings is 1. The van der Waals surface area contributed by atoms with Crippen molar-refractivity contribution in [1.82, 2.24) is 5.32 Å². The largest absolute Gasteiger partial charge is 0.314 e. The molecule has 1 aliphatic rings. The molecule has 0 aliphatic carbocycles. The Kier molecular flexibility index (Phi) is 3.14. The lowest BCUT2D eigenvalue weighted by molar-refractivity contribution is 0.395. The smallest absolute Gasteiger partial charge is 0.126 e. The fraction of sp³-hybridized carbons (Fsp3) is 0.500. The lowest BCUT2D eigenvalue weighted by Gasteiger charge is -2.23. The minimum atomic E-state index is -0.0696. The molecule has 14 heavy (non-hydrogen) atoms. The van der Waals surface area contributed by atoms with Gasteiger partial charge in [0, 0.05) is 6.04 Å². The minimum absolute atomic E-state index is 0.0696. The summed E-state index contributed by atoms with van der Waals surface area (Å²) in [5, 5.41) is 3.43. The minimum Gasteiger partial charge on any atom is -0.314 e. The molecule has 1 aromatic rings. The molecule has 1 fully saturated rings. The van der Waals surface area contributed by atoms with E-state index in [9.17, 15) is 4.39 Å². The highest BCUT2D eigenvalue weighted by molar-refractivity contribution is 5.18. The Morgan fingerprint density at radius 3 is 2.86 bits per heavy atom. The summed E-state index contributed by atoms with van der Waals surface area (Å²) >= 11 is 0. The van der Waals surface area contributed by atoms with Crippen molar-refractivity contribution in [3.05, 3.63) is 35.6 Å². The summed E-state index contributed by atoms with van der Waals surface area (Å²) in [6.45, 7) is 1.08. The molecule has 0 spiro atoms. The maximum absolute atomic E-state index is 13.3. The van der Waals surface area contributed by atoms with E-state index < -0.39 is 0 Å². The normalized spacial score (nSPS) is 22.2. The predicted octanol–water partition coefficient (Wildman–Crippen LogP) is 2.51. The van der Waals surface area contributed by atoms with E-state index in [1.54, 1.807) is 6.07 Å². The van der Waals surface area contributed by atoms with Crippen molar-refractivity contribution in [3.63, 3.8) is 0 Å². The second-order valence-corrected chi connectivity index (χ2v) is 3.94. The van der Waals surface area contributed by atoms with Gasteiger partial charge in [-0.1, -0.05) is 24.6 Å². The van der Waals surface area contributed by atoms with Crippen molar-refractivity contribution >= 4 is 0 Å². The van der Waals surface area contributed by atoms with E-state index in [0.717, 1.165) is 18.5 Å². The molecular formula is C12H16FN. The monoisotopic (exact) mass is 193 g/mol. The Morgan fingerprint density at radius 2 is 2.14 bits per heavy atom. The summed E-state index contributed by atoms with van der Waals surface area (Å²) in [5.41, 5.74) is 0.840. The van der Waals surface area contributed by atoms with Crippen LogP contribution in [0.3, 0.4) is 0 Å². The highest BCUT2D eigenvalue weighted by Crippen LogP contribution is 2.14. The van der Waals surface area contributed by atoms with E-state index in [1.807, 2.05) is 12.1 Å². The van der Waals surface area contributed by atoms with Crippen LogP contribution in [0.1, 0.15) is 24.8 Å². The fourth-order valence-electron chi connectivity index (χ4n) is 2.03. The molecule has 1 saturated heterocycles. The summed E-state index contributed by atoms with van der Waals surface area (Å²) < 4.78 is 13.3. The molecular weight excluding hydrogens is 177 g/mol. The molecule has 0 bridgehead atoms. The number of rotatable bonds is 2. The molecule has 2 rings (SSSR count). The Balaban J connectivity index is 1.99. The van der Waals surface area contributed by atoms with Crippen molar-refractivity contribution in [1.29, 1.82) is 0 Å². The molecule has 1 heterocycles. The van der Waals surface area contributed by atoms with Crippen LogP contribution in [-0.4, -0.2) is 12.6 Å². The lowest BCUT2D eigenvalue weighted by atomic mass is 9.97. The van der Waals surface area contributed by atoms with Crippen LogP contribution in [0.2, 0.25) is 0 Å². The van der Waals surface area contributed by atoms with Gasteiger partial charge in [-0.25, -0.2) is 4.39 Å². The van der Waals surface area contributed by atoms with E-state index in [4.69, 9.17) is 0 Å². The first-order chi connectivity index (χ1) is 6.86. The molecule has 76 valence electrons. The maximum Gasteiger partial charge on any atom is 0.126 e. The molecule has 0 radical (unpaired) electrons. The van der Waals surface area contributed by atoms with Crippen LogP contribution >= 0.6 is 0 Å². The second-order valence-electron chi connectivity index (χ2n) is 3.94. The first kappa shape index (κ1) is 9.66. The van der Waals surface area contributed by atoms with Gasteiger partial charge in [-0.3, -0.25) is 0 Å². The molecule has 1 atom stereocenters. The average Bonchev–Trinajstić information content (AvgIpc) is 2.23. The lowest BCUT2D eigenvalue weighted by Crippen LogP contribution is -2.35. The van der Waals surface area contributed by atoms with E-state index in [0.29, 0.717) is 6.04 Å². The van der Waals surface area contributed by atoms with E-state index in [-0.39, 0.29) is 5.82 Å². The number of hydrogen-bond donors (Lipinski definition) is 1. The molecule has 0 aromatic heterocycles. The van der Waals surface area contributed by atoms with Gasteiger partial charge >= 0.3 is 0 Å². The summed E-state index contributed by atoms with van der Waals surface area (Å²) in [7, 11) is 0. The number of hydrogen-bond acceptors (Lipinski definition) is 1. The van der Waals surface area contributed by atoms with Crippen LogP contribution in [0, 0.1) is 5.82 Å². The topological polar surface area (TPSA) is 12.0 Å². The molecule has 1 aromatic carbocycles. The van der Waals surface area contributed by atoms with Gasteiger partial charge < -0.3 is 5.32 Å². The summed E-state index contributed by atoms with van der Waals surface area (Å²) in [4.78, 5) is 0. The second kappa shape index (κ2) is 4.56. The van der Waals surface area contributed by atoms with Crippen LogP contribution in [0.25, 0.3) is 0 Å². The standard InChI is InChI=1S/C12H16FN/c13-12-7-2-1-5-10(12)9-11-6-3-4-8-14-11/h1-2,5,7,11,14H,3-4,6,8-9H2. The van der Waals surface area contributed by atoms with Gasteiger partial charge in [0.1, 0.15) is 5.82 Å². The molecule has 1 N–H and O–H groups in total. The quantitative estimate of drug-likeness (QED) is 0.761. The summed E-state index contributed by atoms with van der Waals surface area (Å²) in [6.07, 6.45) is 4.53. The third kappa shape index (κ3) is 2.32. The first-order valence-electron chi connectivity index (χ1n) is 5.33. The van der Waals surface area contributed by atoms with E-state index in [1.165, 1.54) is 25.3 Å². The van der Waals surface area contributed by atoms with Gasteiger partial charge in [-0.15, -0.1) is 0 Å². The highest BCUT2D eigenvalue weighted by atomic mass is 19.1. The molecule has 2 heteroatoms. The van der Waals surface area contributed by atoms with Crippen LogP contribution in [0.15, 0.2) is 24.3 Å². The maximum atomic E-state index is 13.3. The van der Waals surface area contributed by atoms with Gasteiger partial charge in [-0.2, -0.15) is 0 Å². The average molecular weight is 193 g/mol. The van der Waals surface area contributed by atoms with Gasteiger partial charge in [-0.05, 0) is 37.4 Å². The highest BCUT2D eigenvalue weighted by Gasteiger charge is 2.14. The molecule has 0 amide bonds. The molecule has 1 aliphatic heterocycles. The molecule has 1 nitrogen and oxygen atoms in total. The van der Waals surface area contributed by atoms with Crippen molar-refractivity contribution < 1.29 is 4.39 Å². The van der Waals surface area contributed by atoms with Gasteiger partial charge in [0.15, 0.2) is 0 Å². The van der Waals surface area contributed by atoms with Gasteiger partial charge in [0.2, 0.25) is 0 Å². The summed E-state index contributed by atoms with van der Waals surface area (Å²) in [5.74, 6) is -0.0696. The van der Waals surface area contributed by atoms with E-state index >= 15 is 0 Å². The van der Waals surface area contributed by atoms with Crippen LogP contribution < -0.4 is 5.32 Å². The third-order valence-corrected chi connectivity index (χ3v) is 2.84. The predicted molar refractivity (Wildman–Crippen MR) is 55.7 cm³/mol. The van der Waals surface area contributed by atoms with Crippen molar-refractivity contribution in [2.75, 3.05) is 6.54 Å². The zero-order valence-electron chi connectivity index (χ0n) is 8.30. The Morgan fingerprint density at radius 1 is 1.29 bits per heavy atom. The zero-order chi connectivity index (χ0) is 9.80. The van der Waals surface area contributed by atoms with Gasteiger partial charge in [0.05, 0.1) is 0 Å². The molecule has 0 saturated carbocycles. The van der Waals surface area contributed by atoms with Crippen molar-refractivity contribution in [2.24, 2.45) is 0 Å².